The molecule has 0 aliphatic heterocycles. The number of hydrogen-bond acceptors (Lipinski definition) is 8. The van der Waals surface area contributed by atoms with Crippen molar-refractivity contribution >= 4 is 19.8 Å². The summed E-state index contributed by atoms with van der Waals surface area (Å²) in [5, 5.41) is 0. The summed E-state index contributed by atoms with van der Waals surface area (Å²) in [6.45, 7) is 4.15. The quantitative estimate of drug-likeness (QED) is 0.0195. The van der Waals surface area contributed by atoms with E-state index in [0.717, 1.165) is 89.9 Å². The number of allylic oxidation sites excluding steroid dienone is 18. The molecule has 0 radical (unpaired) electrons. The van der Waals surface area contributed by atoms with E-state index in [1.54, 1.807) is 0 Å². The molecule has 10 heteroatoms. The molecule has 0 saturated heterocycles. The molecular formula is C82H146NO8P. The van der Waals surface area contributed by atoms with Crippen LogP contribution in [0.5, 0.6) is 0 Å². The van der Waals surface area contributed by atoms with Crippen molar-refractivity contribution in [1.29, 1.82) is 0 Å². The van der Waals surface area contributed by atoms with E-state index in [-0.39, 0.29) is 32.0 Å². The van der Waals surface area contributed by atoms with E-state index < -0.39 is 26.5 Å². The minimum atomic E-state index is -4.65. The molecule has 0 heterocycles. The molecule has 2 atom stereocenters. The summed E-state index contributed by atoms with van der Waals surface area (Å²) in [5.41, 5.74) is 0. The monoisotopic (exact) mass is 1300 g/mol. The van der Waals surface area contributed by atoms with Gasteiger partial charge in [-0.25, -0.2) is 0 Å². The van der Waals surface area contributed by atoms with Crippen LogP contribution in [0.2, 0.25) is 0 Å². The van der Waals surface area contributed by atoms with Crippen LogP contribution in [0.15, 0.2) is 109 Å². The summed E-state index contributed by atoms with van der Waals surface area (Å²) in [7, 11) is 1.17. The number of unbranched alkanes of at least 4 members (excludes halogenated alkanes) is 39. The van der Waals surface area contributed by atoms with Crippen molar-refractivity contribution < 1.29 is 42.1 Å². The summed E-state index contributed by atoms with van der Waals surface area (Å²) in [4.78, 5) is 38.2. The maximum Gasteiger partial charge on any atom is 0.306 e. The number of esters is 2. The highest BCUT2D eigenvalue weighted by Gasteiger charge is 2.22. The number of nitrogens with zero attached hydrogens (tertiary/aromatic N) is 1. The van der Waals surface area contributed by atoms with E-state index >= 15 is 0 Å². The van der Waals surface area contributed by atoms with E-state index in [9.17, 15) is 19.0 Å². The molecule has 0 aromatic heterocycles. The predicted octanol–water partition coefficient (Wildman–Crippen LogP) is 25.0. The summed E-state index contributed by atoms with van der Waals surface area (Å²) < 4.78 is 34.4. The lowest BCUT2D eigenvalue weighted by Gasteiger charge is -2.28. The van der Waals surface area contributed by atoms with Crippen LogP contribution >= 0.6 is 7.82 Å². The smallest absolute Gasteiger partial charge is 0.306 e. The van der Waals surface area contributed by atoms with Crippen LogP contribution in [0, 0.1) is 0 Å². The third kappa shape index (κ3) is 75.7. The first-order chi connectivity index (χ1) is 45.0. The van der Waals surface area contributed by atoms with Gasteiger partial charge in [-0.1, -0.05) is 342 Å². The molecule has 0 amide bonds. The Balaban J connectivity index is 3.98. The van der Waals surface area contributed by atoms with Crippen molar-refractivity contribution in [1.82, 2.24) is 0 Å². The molecule has 0 aliphatic carbocycles. The zero-order chi connectivity index (χ0) is 66.9. The molecular weight excluding hydrogens is 1160 g/mol. The zero-order valence-electron chi connectivity index (χ0n) is 60.7. The minimum absolute atomic E-state index is 0.0336. The van der Waals surface area contributed by atoms with Gasteiger partial charge in [0.15, 0.2) is 6.10 Å². The standard InChI is InChI=1S/C82H146NO8P/c1-6-8-10-12-14-16-18-20-22-24-26-28-30-32-34-36-38-39-40-41-42-43-45-46-48-50-52-54-56-58-60-62-64-66-68-70-72-74-81(84)88-78-80(79-90-92(86,87)89-77-76-83(3,4)5)91-82(85)75-73-71-69-67-65-63-61-59-57-55-53-51-49-47-44-37-35-33-31-29-27-25-23-21-19-17-15-13-11-9-7-2/h9,11,15,17-18,20-21,23-24,26-27,29-30,32-33,35,44,47,80H,6-8,10,12-14,16,19,22,25,28,31,34,36-43,45-46,48-79H2,1-5H3/b11-9-,17-15-,20-18-,23-21-,26-24-,29-27-,32-30-,35-33-,47-44-. The first-order valence-electron chi connectivity index (χ1n) is 38.6. The largest absolute Gasteiger partial charge is 0.756 e. The number of rotatable bonds is 71. The fraction of sp³-hybridized carbons (Fsp3) is 0.756. The van der Waals surface area contributed by atoms with Crippen molar-refractivity contribution in [3.63, 3.8) is 0 Å². The van der Waals surface area contributed by atoms with Crippen molar-refractivity contribution in [3.8, 4) is 0 Å². The van der Waals surface area contributed by atoms with Gasteiger partial charge in [0, 0.05) is 12.8 Å². The molecule has 0 spiro atoms. The number of ether oxygens (including phenoxy) is 2. The summed E-state index contributed by atoms with van der Waals surface area (Å²) in [6.07, 6.45) is 102. The first kappa shape index (κ1) is 88.7. The van der Waals surface area contributed by atoms with Crippen molar-refractivity contribution in [2.75, 3.05) is 47.5 Å². The van der Waals surface area contributed by atoms with Gasteiger partial charge in [-0.3, -0.25) is 14.2 Å². The van der Waals surface area contributed by atoms with E-state index in [0.29, 0.717) is 17.4 Å². The second-order valence-corrected chi connectivity index (χ2v) is 28.4. The Morgan fingerprint density at radius 1 is 0.348 bits per heavy atom. The van der Waals surface area contributed by atoms with E-state index in [1.807, 2.05) is 21.1 Å². The van der Waals surface area contributed by atoms with Crippen molar-refractivity contribution in [3.05, 3.63) is 109 Å². The lowest BCUT2D eigenvalue weighted by atomic mass is 10.0. The zero-order valence-corrected chi connectivity index (χ0v) is 61.6. The topological polar surface area (TPSA) is 111 Å². The Bertz CT molecular complexity index is 1920. The Morgan fingerprint density at radius 2 is 0.620 bits per heavy atom. The summed E-state index contributed by atoms with van der Waals surface area (Å²) >= 11 is 0. The molecule has 2 unspecified atom stereocenters. The lowest BCUT2D eigenvalue weighted by molar-refractivity contribution is -0.870. The van der Waals surface area contributed by atoms with Gasteiger partial charge in [0.1, 0.15) is 19.8 Å². The average Bonchev–Trinajstić information content (AvgIpc) is 2.14. The highest BCUT2D eigenvalue weighted by Crippen LogP contribution is 2.38. The highest BCUT2D eigenvalue weighted by molar-refractivity contribution is 7.45. The number of likely N-dealkylation sites (N-methyl/N-ethyl adjacent to an activating group) is 1. The Labute approximate surface area is 569 Å². The molecule has 0 fully saturated rings. The molecule has 0 aromatic rings. The fourth-order valence-corrected chi connectivity index (χ4v) is 11.6. The molecule has 0 aromatic carbocycles. The number of carbonyl (C=O) groups is 2. The molecule has 0 aliphatic rings. The molecule has 0 rings (SSSR count). The second-order valence-electron chi connectivity index (χ2n) is 27.0. The fourth-order valence-electron chi connectivity index (χ4n) is 10.9. The first-order valence-corrected chi connectivity index (χ1v) is 40.1. The normalized spacial score (nSPS) is 13.7. The lowest BCUT2D eigenvalue weighted by Crippen LogP contribution is -2.37. The number of phosphoric ester groups is 1. The Morgan fingerprint density at radius 3 is 0.924 bits per heavy atom. The van der Waals surface area contributed by atoms with Crippen LogP contribution < -0.4 is 4.89 Å². The summed E-state index contributed by atoms with van der Waals surface area (Å²) in [6, 6.07) is 0. The van der Waals surface area contributed by atoms with Gasteiger partial charge in [-0.15, -0.1) is 0 Å². The number of phosphoric acid groups is 1. The third-order valence-corrected chi connectivity index (χ3v) is 17.7. The SMILES string of the molecule is CC/C=C\C/C=C\C/C=C\C/C=C\C/C=C\C/C=C\CCCCCCCCCCCCCCC(=O)OC(COC(=O)CCCCCCCCCCCCCCCCCCCCCCCC/C=C\C/C=C\C/C=C\CCCCCCC)COP(=O)([O-])OCC[N+](C)(C)C. The van der Waals surface area contributed by atoms with Gasteiger partial charge >= 0.3 is 11.9 Å². The van der Waals surface area contributed by atoms with Gasteiger partial charge in [-0.05, 0) is 103 Å². The maximum absolute atomic E-state index is 12.9. The minimum Gasteiger partial charge on any atom is -0.756 e. The van der Waals surface area contributed by atoms with Gasteiger partial charge in [0.25, 0.3) is 7.82 Å². The van der Waals surface area contributed by atoms with Crippen LogP contribution in [0.3, 0.4) is 0 Å². The molecule has 0 bridgehead atoms. The van der Waals surface area contributed by atoms with Crippen LogP contribution in [-0.2, 0) is 32.7 Å². The molecule has 0 saturated carbocycles. The van der Waals surface area contributed by atoms with Crippen LogP contribution in [0.4, 0.5) is 0 Å². The molecule has 9 nitrogen and oxygen atoms in total. The van der Waals surface area contributed by atoms with Gasteiger partial charge in [0.2, 0.25) is 0 Å². The van der Waals surface area contributed by atoms with Gasteiger partial charge in [-0.2, -0.15) is 0 Å². The average molecular weight is 1310 g/mol. The van der Waals surface area contributed by atoms with E-state index in [2.05, 4.69) is 123 Å². The number of carbonyl (C=O) groups excluding carboxylic acids is 2. The molecule has 532 valence electrons. The summed E-state index contributed by atoms with van der Waals surface area (Å²) in [5.74, 6) is -0.825. The Kier molecular flexibility index (Phi) is 69.3. The van der Waals surface area contributed by atoms with Gasteiger partial charge in [0.05, 0.1) is 27.7 Å². The number of quaternary nitrogens is 1. The van der Waals surface area contributed by atoms with Crippen molar-refractivity contribution in [2.24, 2.45) is 0 Å². The maximum atomic E-state index is 12.9. The predicted molar refractivity (Wildman–Crippen MR) is 397 cm³/mol. The number of hydrogen-bond donors (Lipinski definition) is 0. The van der Waals surface area contributed by atoms with Gasteiger partial charge < -0.3 is 27.9 Å². The molecule has 0 N–H and O–H groups in total. The second kappa shape index (κ2) is 72.0. The highest BCUT2D eigenvalue weighted by atomic mass is 31.2. The van der Waals surface area contributed by atoms with Crippen LogP contribution in [-0.4, -0.2) is 70.0 Å². The molecule has 92 heavy (non-hydrogen) atoms. The van der Waals surface area contributed by atoms with Crippen LogP contribution in [0.25, 0.3) is 0 Å². The Hall–Kier alpha value is -3.33. The van der Waals surface area contributed by atoms with Crippen molar-refractivity contribution in [2.45, 2.75) is 354 Å². The van der Waals surface area contributed by atoms with E-state index in [4.69, 9.17) is 18.5 Å². The van der Waals surface area contributed by atoms with E-state index in [1.165, 1.54) is 225 Å². The third-order valence-electron chi connectivity index (χ3n) is 16.8. The van der Waals surface area contributed by atoms with Crippen LogP contribution in [0.1, 0.15) is 348 Å².